The molecule has 0 atom stereocenters. The lowest BCUT2D eigenvalue weighted by atomic mass is 10.1. The standard InChI is InChI=1S/C16H16N4O2S/c1-10-17-16(22-20-10)7-6-15(21)19-13-5-3-4-12(8-13)14-9-23-11(2)18-14/h3-5,8-9H,6-7H2,1-2H3,(H,19,21). The molecule has 0 aliphatic rings. The van der Waals surface area contributed by atoms with E-state index in [0.717, 1.165) is 22.0 Å². The van der Waals surface area contributed by atoms with Crippen molar-refractivity contribution in [3.8, 4) is 11.3 Å². The molecule has 1 aromatic carbocycles. The Balaban J connectivity index is 1.62. The number of carbonyl (C=O) groups excluding carboxylic acids is 1. The molecule has 3 aromatic rings. The highest BCUT2D eigenvalue weighted by Crippen LogP contribution is 2.24. The highest BCUT2D eigenvalue weighted by Gasteiger charge is 2.09. The molecule has 0 fully saturated rings. The second-order valence-corrected chi connectivity index (χ2v) is 6.18. The molecule has 0 aliphatic carbocycles. The van der Waals surface area contributed by atoms with Gasteiger partial charge in [-0.2, -0.15) is 4.98 Å². The highest BCUT2D eigenvalue weighted by molar-refractivity contribution is 7.09. The van der Waals surface area contributed by atoms with Gasteiger partial charge in [-0.15, -0.1) is 11.3 Å². The van der Waals surface area contributed by atoms with Crippen LogP contribution in [0.5, 0.6) is 0 Å². The summed E-state index contributed by atoms with van der Waals surface area (Å²) in [5, 5.41) is 9.61. The number of amides is 1. The number of nitrogens with zero attached hydrogens (tertiary/aromatic N) is 3. The SMILES string of the molecule is Cc1noc(CCC(=O)Nc2cccc(-c3csc(C)n3)c2)n1. The summed E-state index contributed by atoms with van der Waals surface area (Å²) >= 11 is 1.60. The molecule has 2 heterocycles. The fourth-order valence-corrected chi connectivity index (χ4v) is 2.76. The van der Waals surface area contributed by atoms with Crippen LogP contribution in [0, 0.1) is 13.8 Å². The third kappa shape index (κ3) is 4.01. The van der Waals surface area contributed by atoms with E-state index in [1.807, 2.05) is 36.6 Å². The summed E-state index contributed by atoms with van der Waals surface area (Å²) in [5.41, 5.74) is 2.66. The molecule has 23 heavy (non-hydrogen) atoms. The summed E-state index contributed by atoms with van der Waals surface area (Å²) in [5.74, 6) is 0.962. The van der Waals surface area contributed by atoms with Crippen molar-refractivity contribution in [2.45, 2.75) is 26.7 Å². The van der Waals surface area contributed by atoms with E-state index in [1.54, 1.807) is 18.3 Å². The smallest absolute Gasteiger partial charge is 0.227 e. The molecule has 2 aromatic heterocycles. The van der Waals surface area contributed by atoms with Crippen molar-refractivity contribution in [1.29, 1.82) is 0 Å². The molecule has 0 spiro atoms. The molecule has 1 N–H and O–H groups in total. The first kappa shape index (κ1) is 15.4. The van der Waals surface area contributed by atoms with E-state index in [1.165, 1.54) is 0 Å². The number of nitrogens with one attached hydrogen (secondary N) is 1. The molecule has 0 saturated heterocycles. The second-order valence-electron chi connectivity index (χ2n) is 5.12. The van der Waals surface area contributed by atoms with Gasteiger partial charge in [-0.1, -0.05) is 17.3 Å². The molecule has 6 nitrogen and oxygen atoms in total. The molecular formula is C16H16N4O2S. The third-order valence-corrected chi connectivity index (χ3v) is 3.97. The van der Waals surface area contributed by atoms with Crippen LogP contribution < -0.4 is 5.32 Å². The Morgan fingerprint density at radius 3 is 2.87 bits per heavy atom. The van der Waals surface area contributed by atoms with Crippen LogP contribution in [0.15, 0.2) is 34.2 Å². The van der Waals surface area contributed by atoms with Gasteiger partial charge in [0.15, 0.2) is 5.82 Å². The number of carbonyl (C=O) groups is 1. The van der Waals surface area contributed by atoms with Gasteiger partial charge in [0.25, 0.3) is 0 Å². The monoisotopic (exact) mass is 328 g/mol. The van der Waals surface area contributed by atoms with Gasteiger partial charge >= 0.3 is 0 Å². The van der Waals surface area contributed by atoms with E-state index >= 15 is 0 Å². The summed E-state index contributed by atoms with van der Waals surface area (Å²) in [4.78, 5) is 20.6. The Hall–Kier alpha value is -2.54. The van der Waals surface area contributed by atoms with Crippen LogP contribution in [0.25, 0.3) is 11.3 Å². The van der Waals surface area contributed by atoms with E-state index in [-0.39, 0.29) is 5.91 Å². The number of thiazole rings is 1. The molecule has 1 amide bonds. The van der Waals surface area contributed by atoms with Gasteiger partial charge in [-0.25, -0.2) is 4.98 Å². The van der Waals surface area contributed by atoms with E-state index < -0.39 is 0 Å². The number of aryl methyl sites for hydroxylation is 3. The van der Waals surface area contributed by atoms with Crippen molar-refractivity contribution in [2.24, 2.45) is 0 Å². The summed E-state index contributed by atoms with van der Waals surface area (Å²) in [6, 6.07) is 7.66. The minimum Gasteiger partial charge on any atom is -0.339 e. The predicted molar refractivity (Wildman–Crippen MR) is 88.3 cm³/mol. The summed E-state index contributed by atoms with van der Waals surface area (Å²) < 4.78 is 5.00. The lowest BCUT2D eigenvalue weighted by Crippen LogP contribution is -2.12. The Labute approximate surface area is 137 Å². The van der Waals surface area contributed by atoms with Gasteiger partial charge in [-0.05, 0) is 26.0 Å². The van der Waals surface area contributed by atoms with E-state index in [0.29, 0.717) is 24.6 Å². The minimum atomic E-state index is -0.0903. The van der Waals surface area contributed by atoms with Crippen molar-refractivity contribution in [3.05, 3.63) is 46.4 Å². The van der Waals surface area contributed by atoms with Crippen LogP contribution in [0.4, 0.5) is 5.69 Å². The van der Waals surface area contributed by atoms with Crippen molar-refractivity contribution < 1.29 is 9.32 Å². The van der Waals surface area contributed by atoms with Gasteiger partial charge in [0, 0.05) is 29.5 Å². The van der Waals surface area contributed by atoms with Crippen molar-refractivity contribution in [3.63, 3.8) is 0 Å². The number of benzene rings is 1. The zero-order valence-electron chi connectivity index (χ0n) is 12.9. The predicted octanol–water partition coefficient (Wildman–Crippen LogP) is 3.38. The first-order chi connectivity index (χ1) is 11.1. The maximum Gasteiger partial charge on any atom is 0.227 e. The molecule has 0 aliphatic heterocycles. The molecule has 7 heteroatoms. The average molecular weight is 328 g/mol. The zero-order chi connectivity index (χ0) is 16.2. The number of aromatic nitrogens is 3. The quantitative estimate of drug-likeness (QED) is 0.776. The highest BCUT2D eigenvalue weighted by atomic mass is 32.1. The van der Waals surface area contributed by atoms with E-state index in [4.69, 9.17) is 4.52 Å². The Bertz CT molecular complexity index is 825. The molecular weight excluding hydrogens is 312 g/mol. The Morgan fingerprint density at radius 1 is 1.30 bits per heavy atom. The topological polar surface area (TPSA) is 80.9 Å². The Kier molecular flexibility index (Phi) is 4.47. The third-order valence-electron chi connectivity index (χ3n) is 3.20. The van der Waals surface area contributed by atoms with Crippen LogP contribution >= 0.6 is 11.3 Å². The fraction of sp³-hybridized carbons (Fsp3) is 0.250. The largest absolute Gasteiger partial charge is 0.339 e. The lowest BCUT2D eigenvalue weighted by molar-refractivity contribution is -0.116. The van der Waals surface area contributed by atoms with Gasteiger partial charge in [0.05, 0.1) is 10.7 Å². The molecule has 0 saturated carbocycles. The zero-order valence-corrected chi connectivity index (χ0v) is 13.7. The van der Waals surface area contributed by atoms with E-state index in [2.05, 4.69) is 20.4 Å². The van der Waals surface area contributed by atoms with Gasteiger partial charge < -0.3 is 9.84 Å². The molecule has 3 rings (SSSR count). The summed E-state index contributed by atoms with van der Waals surface area (Å²) in [7, 11) is 0. The van der Waals surface area contributed by atoms with Gasteiger partial charge in [0.2, 0.25) is 11.8 Å². The van der Waals surface area contributed by atoms with Crippen LogP contribution in [-0.2, 0) is 11.2 Å². The number of rotatable bonds is 5. The van der Waals surface area contributed by atoms with Crippen LogP contribution in [0.2, 0.25) is 0 Å². The molecule has 0 unspecified atom stereocenters. The number of hydrogen-bond donors (Lipinski definition) is 1. The van der Waals surface area contributed by atoms with Crippen molar-refractivity contribution in [2.75, 3.05) is 5.32 Å². The minimum absolute atomic E-state index is 0.0903. The van der Waals surface area contributed by atoms with Crippen molar-refractivity contribution in [1.82, 2.24) is 15.1 Å². The maximum absolute atomic E-state index is 12.0. The number of anilines is 1. The molecule has 0 radical (unpaired) electrons. The van der Waals surface area contributed by atoms with Crippen molar-refractivity contribution >= 4 is 22.9 Å². The fourth-order valence-electron chi connectivity index (χ4n) is 2.14. The van der Waals surface area contributed by atoms with Crippen LogP contribution in [0.1, 0.15) is 23.1 Å². The van der Waals surface area contributed by atoms with Crippen LogP contribution in [-0.4, -0.2) is 21.0 Å². The summed E-state index contributed by atoms with van der Waals surface area (Å²) in [6.45, 7) is 3.72. The number of hydrogen-bond acceptors (Lipinski definition) is 6. The Morgan fingerprint density at radius 2 is 2.17 bits per heavy atom. The molecule has 0 bridgehead atoms. The summed E-state index contributed by atoms with van der Waals surface area (Å²) in [6.07, 6.45) is 0.722. The van der Waals surface area contributed by atoms with Gasteiger partial charge in [0.1, 0.15) is 0 Å². The average Bonchev–Trinajstić information content (AvgIpc) is 3.14. The first-order valence-electron chi connectivity index (χ1n) is 7.22. The van der Waals surface area contributed by atoms with Crippen LogP contribution in [0.3, 0.4) is 0 Å². The molecule has 118 valence electrons. The first-order valence-corrected chi connectivity index (χ1v) is 8.10. The lowest BCUT2D eigenvalue weighted by Gasteiger charge is -2.06. The normalized spacial score (nSPS) is 10.7. The van der Waals surface area contributed by atoms with E-state index in [9.17, 15) is 4.79 Å². The second kappa shape index (κ2) is 6.70. The van der Waals surface area contributed by atoms with Gasteiger partial charge in [-0.3, -0.25) is 4.79 Å². The maximum atomic E-state index is 12.0.